The third kappa shape index (κ3) is 4.70. The predicted octanol–water partition coefficient (Wildman–Crippen LogP) is 3.98. The van der Waals surface area contributed by atoms with Gasteiger partial charge in [0.25, 0.3) is 0 Å². The highest BCUT2D eigenvalue weighted by atomic mass is 32.2. The number of H-pyrrole nitrogens is 1. The summed E-state index contributed by atoms with van der Waals surface area (Å²) in [5, 5.41) is 7.79. The molecule has 0 saturated carbocycles. The van der Waals surface area contributed by atoms with Crippen LogP contribution < -0.4 is 0 Å². The van der Waals surface area contributed by atoms with E-state index < -0.39 is 0 Å². The molecule has 1 N–H and O–H groups in total. The van der Waals surface area contributed by atoms with E-state index in [-0.39, 0.29) is 5.97 Å². The molecule has 2 aromatic carbocycles. The molecule has 1 aromatic heterocycles. The standard InChI is InChI=1S/C19H19N3O2S/c1-2-14-8-10-15(11-9-14)17-20-19(22-21-17)25-13-12-24-18(23)16-6-4-3-5-7-16/h3-11H,2,12-13H2,1H3,(H,20,21,22). The van der Waals surface area contributed by atoms with Gasteiger partial charge in [-0.2, -0.15) is 0 Å². The number of esters is 1. The van der Waals surface area contributed by atoms with Crippen molar-refractivity contribution in [2.24, 2.45) is 0 Å². The van der Waals surface area contributed by atoms with Crippen molar-refractivity contribution >= 4 is 17.7 Å². The van der Waals surface area contributed by atoms with Crippen LogP contribution in [0.3, 0.4) is 0 Å². The van der Waals surface area contributed by atoms with Crippen LogP contribution in [0.1, 0.15) is 22.8 Å². The molecular weight excluding hydrogens is 334 g/mol. The van der Waals surface area contributed by atoms with Crippen molar-refractivity contribution in [3.05, 3.63) is 65.7 Å². The highest BCUT2D eigenvalue weighted by Gasteiger charge is 2.08. The van der Waals surface area contributed by atoms with E-state index in [2.05, 4.69) is 34.2 Å². The van der Waals surface area contributed by atoms with Crippen LogP contribution in [0.4, 0.5) is 0 Å². The summed E-state index contributed by atoms with van der Waals surface area (Å²) in [7, 11) is 0. The zero-order valence-electron chi connectivity index (χ0n) is 13.9. The number of aryl methyl sites for hydroxylation is 1. The molecule has 0 aliphatic heterocycles. The monoisotopic (exact) mass is 353 g/mol. The summed E-state index contributed by atoms with van der Waals surface area (Å²) in [6.45, 7) is 2.44. The Morgan fingerprint density at radius 1 is 1.12 bits per heavy atom. The number of thioether (sulfide) groups is 1. The Hall–Kier alpha value is -2.60. The molecule has 3 aromatic rings. The van der Waals surface area contributed by atoms with Crippen LogP contribution in [0, 0.1) is 0 Å². The molecule has 0 fully saturated rings. The maximum Gasteiger partial charge on any atom is 0.338 e. The van der Waals surface area contributed by atoms with Crippen molar-refractivity contribution in [3.8, 4) is 11.4 Å². The number of nitrogens with zero attached hydrogens (tertiary/aromatic N) is 2. The van der Waals surface area contributed by atoms with Crippen molar-refractivity contribution in [3.63, 3.8) is 0 Å². The minimum atomic E-state index is -0.312. The van der Waals surface area contributed by atoms with Gasteiger partial charge in [-0.3, -0.25) is 5.10 Å². The van der Waals surface area contributed by atoms with Gasteiger partial charge in [-0.25, -0.2) is 9.78 Å². The molecule has 0 aliphatic carbocycles. The normalized spacial score (nSPS) is 10.6. The van der Waals surface area contributed by atoms with E-state index >= 15 is 0 Å². The first kappa shape index (κ1) is 17.2. The van der Waals surface area contributed by atoms with Crippen molar-refractivity contribution in [2.45, 2.75) is 18.5 Å². The van der Waals surface area contributed by atoms with Crippen LogP contribution in [0.2, 0.25) is 0 Å². The molecule has 0 aliphatic rings. The Morgan fingerprint density at radius 2 is 1.88 bits per heavy atom. The van der Waals surface area contributed by atoms with E-state index in [0.717, 1.165) is 17.8 Å². The second-order valence-electron chi connectivity index (χ2n) is 5.37. The molecule has 0 unspecified atom stereocenters. The average molecular weight is 353 g/mol. The Bertz CT molecular complexity index is 816. The lowest BCUT2D eigenvalue weighted by Crippen LogP contribution is -2.07. The van der Waals surface area contributed by atoms with E-state index in [0.29, 0.717) is 23.1 Å². The number of rotatable bonds is 7. The number of aromatic nitrogens is 3. The molecule has 0 spiro atoms. The molecular formula is C19H19N3O2S. The fourth-order valence-electron chi connectivity index (χ4n) is 2.26. The predicted molar refractivity (Wildman–Crippen MR) is 98.6 cm³/mol. The Balaban J connectivity index is 1.48. The SMILES string of the molecule is CCc1ccc(-c2nc(SCCOC(=O)c3ccccc3)n[nH]2)cc1. The zero-order chi connectivity index (χ0) is 17.5. The fourth-order valence-corrected chi connectivity index (χ4v) is 2.88. The topological polar surface area (TPSA) is 67.9 Å². The summed E-state index contributed by atoms with van der Waals surface area (Å²) in [6.07, 6.45) is 1.01. The highest BCUT2D eigenvalue weighted by Crippen LogP contribution is 2.19. The van der Waals surface area contributed by atoms with Gasteiger partial charge in [0, 0.05) is 11.3 Å². The largest absolute Gasteiger partial charge is 0.461 e. The third-order valence-corrected chi connectivity index (χ3v) is 4.47. The summed E-state index contributed by atoms with van der Waals surface area (Å²) in [6, 6.07) is 17.2. The zero-order valence-corrected chi connectivity index (χ0v) is 14.8. The van der Waals surface area contributed by atoms with E-state index in [1.807, 2.05) is 30.3 Å². The molecule has 6 heteroatoms. The van der Waals surface area contributed by atoms with E-state index in [1.54, 1.807) is 12.1 Å². The minimum Gasteiger partial charge on any atom is -0.461 e. The second-order valence-corrected chi connectivity index (χ2v) is 6.43. The van der Waals surface area contributed by atoms with Gasteiger partial charge >= 0.3 is 5.97 Å². The van der Waals surface area contributed by atoms with E-state index in [4.69, 9.17) is 4.74 Å². The lowest BCUT2D eigenvalue weighted by molar-refractivity contribution is 0.0530. The molecule has 0 saturated heterocycles. The maximum atomic E-state index is 11.8. The molecule has 0 amide bonds. The van der Waals surface area contributed by atoms with Crippen LogP contribution >= 0.6 is 11.8 Å². The number of ether oxygens (including phenoxy) is 1. The lowest BCUT2D eigenvalue weighted by Gasteiger charge is -2.03. The summed E-state index contributed by atoms with van der Waals surface area (Å²) >= 11 is 1.45. The number of benzene rings is 2. The fraction of sp³-hybridized carbons (Fsp3) is 0.211. The Morgan fingerprint density at radius 3 is 2.60 bits per heavy atom. The smallest absolute Gasteiger partial charge is 0.338 e. The van der Waals surface area contributed by atoms with Gasteiger partial charge in [0.2, 0.25) is 5.16 Å². The van der Waals surface area contributed by atoms with Gasteiger partial charge < -0.3 is 4.74 Å². The molecule has 128 valence electrons. The average Bonchev–Trinajstić information content (AvgIpc) is 3.15. The van der Waals surface area contributed by atoms with Crippen LogP contribution in [0.5, 0.6) is 0 Å². The minimum absolute atomic E-state index is 0.312. The van der Waals surface area contributed by atoms with Crippen LogP contribution in [0.25, 0.3) is 11.4 Å². The number of hydrogen-bond donors (Lipinski definition) is 1. The number of carbonyl (C=O) groups excluding carboxylic acids is 1. The van der Waals surface area contributed by atoms with Crippen LogP contribution in [-0.2, 0) is 11.2 Å². The third-order valence-electron chi connectivity index (χ3n) is 3.66. The van der Waals surface area contributed by atoms with Gasteiger partial charge in [-0.1, -0.05) is 61.2 Å². The number of aromatic amines is 1. The first-order chi connectivity index (χ1) is 12.3. The molecule has 0 radical (unpaired) electrons. The first-order valence-electron chi connectivity index (χ1n) is 8.13. The lowest BCUT2D eigenvalue weighted by atomic mass is 10.1. The molecule has 0 atom stereocenters. The Labute approximate surface area is 150 Å². The summed E-state index contributed by atoms with van der Waals surface area (Å²) in [4.78, 5) is 16.3. The summed E-state index contributed by atoms with van der Waals surface area (Å²) in [5.74, 6) is 1.03. The highest BCUT2D eigenvalue weighted by molar-refractivity contribution is 7.99. The molecule has 5 nitrogen and oxygen atoms in total. The summed E-state index contributed by atoms with van der Waals surface area (Å²) < 4.78 is 5.24. The van der Waals surface area contributed by atoms with Gasteiger partial charge in [-0.15, -0.1) is 5.10 Å². The van der Waals surface area contributed by atoms with E-state index in [1.165, 1.54) is 17.3 Å². The molecule has 3 rings (SSSR count). The van der Waals surface area contributed by atoms with E-state index in [9.17, 15) is 4.79 Å². The van der Waals surface area contributed by atoms with Gasteiger partial charge in [0.1, 0.15) is 6.61 Å². The van der Waals surface area contributed by atoms with Crippen molar-refractivity contribution < 1.29 is 9.53 Å². The molecule has 25 heavy (non-hydrogen) atoms. The number of carbonyl (C=O) groups is 1. The van der Waals surface area contributed by atoms with Gasteiger partial charge in [0.15, 0.2) is 5.82 Å². The summed E-state index contributed by atoms with van der Waals surface area (Å²) in [5.41, 5.74) is 2.85. The van der Waals surface area contributed by atoms with Crippen molar-refractivity contribution in [1.82, 2.24) is 15.2 Å². The number of nitrogens with one attached hydrogen (secondary N) is 1. The van der Waals surface area contributed by atoms with Crippen molar-refractivity contribution in [1.29, 1.82) is 0 Å². The molecule has 1 heterocycles. The maximum absolute atomic E-state index is 11.8. The first-order valence-corrected chi connectivity index (χ1v) is 9.11. The second kappa shape index (κ2) is 8.48. The van der Waals surface area contributed by atoms with Crippen LogP contribution in [-0.4, -0.2) is 33.5 Å². The van der Waals surface area contributed by atoms with Crippen LogP contribution in [0.15, 0.2) is 59.8 Å². The van der Waals surface area contributed by atoms with Gasteiger partial charge in [-0.05, 0) is 24.1 Å². The quantitative estimate of drug-likeness (QED) is 0.395. The van der Waals surface area contributed by atoms with Crippen molar-refractivity contribution in [2.75, 3.05) is 12.4 Å². The number of hydrogen-bond acceptors (Lipinski definition) is 5. The van der Waals surface area contributed by atoms with Gasteiger partial charge in [0.05, 0.1) is 5.56 Å². The Kier molecular flexibility index (Phi) is 5.85. The molecule has 0 bridgehead atoms.